The molecule has 6 heteroatoms. The van der Waals surface area contributed by atoms with Crippen LogP contribution in [0.5, 0.6) is 0 Å². The van der Waals surface area contributed by atoms with Crippen LogP contribution in [-0.2, 0) is 4.79 Å². The SMILES string of the molecule is N#Cc1ccccc1-c1ccc(/C=N\NC(=O)CNc2ccccc2)o1. The van der Waals surface area contributed by atoms with E-state index in [1.807, 2.05) is 42.5 Å². The van der Waals surface area contributed by atoms with Crippen molar-refractivity contribution in [2.45, 2.75) is 0 Å². The van der Waals surface area contributed by atoms with Crippen molar-refractivity contribution in [2.24, 2.45) is 5.10 Å². The summed E-state index contributed by atoms with van der Waals surface area (Å²) in [5.74, 6) is 0.774. The molecular weight excluding hydrogens is 328 g/mol. The third-order valence-corrected chi connectivity index (χ3v) is 3.55. The Kier molecular flexibility index (Phi) is 5.43. The van der Waals surface area contributed by atoms with Gasteiger partial charge in [-0.3, -0.25) is 4.79 Å². The summed E-state index contributed by atoms with van der Waals surface area (Å²) in [5, 5.41) is 16.0. The lowest BCUT2D eigenvalue weighted by Crippen LogP contribution is -2.25. The van der Waals surface area contributed by atoms with E-state index in [-0.39, 0.29) is 12.5 Å². The lowest BCUT2D eigenvalue weighted by Gasteiger charge is -2.04. The van der Waals surface area contributed by atoms with Gasteiger partial charge >= 0.3 is 0 Å². The minimum Gasteiger partial charge on any atom is -0.455 e. The van der Waals surface area contributed by atoms with Gasteiger partial charge in [0.2, 0.25) is 0 Å². The smallest absolute Gasteiger partial charge is 0.259 e. The van der Waals surface area contributed by atoms with Crippen LogP contribution in [0.3, 0.4) is 0 Å². The zero-order chi connectivity index (χ0) is 18.2. The van der Waals surface area contributed by atoms with Crippen molar-refractivity contribution in [1.29, 1.82) is 5.26 Å². The van der Waals surface area contributed by atoms with Gasteiger partial charge in [0.05, 0.1) is 24.4 Å². The van der Waals surface area contributed by atoms with Gasteiger partial charge < -0.3 is 9.73 Å². The molecule has 0 bridgehead atoms. The highest BCUT2D eigenvalue weighted by atomic mass is 16.3. The number of amides is 1. The van der Waals surface area contributed by atoms with Crippen molar-refractivity contribution < 1.29 is 9.21 Å². The fraction of sp³-hybridized carbons (Fsp3) is 0.0500. The number of nitrogens with zero attached hydrogens (tertiary/aromatic N) is 2. The molecule has 6 nitrogen and oxygen atoms in total. The number of hydrogen-bond donors (Lipinski definition) is 2. The maximum atomic E-state index is 11.8. The van der Waals surface area contributed by atoms with Gasteiger partial charge in [-0.15, -0.1) is 0 Å². The number of carbonyl (C=O) groups is 1. The van der Waals surface area contributed by atoms with Crippen LogP contribution in [0.15, 0.2) is 76.2 Å². The standard InChI is InChI=1S/C20H16N4O2/c21-12-15-6-4-5-9-18(15)19-11-10-17(26-19)13-23-24-20(25)14-22-16-7-2-1-3-8-16/h1-11,13,22H,14H2,(H,24,25)/b23-13-. The summed E-state index contributed by atoms with van der Waals surface area (Å²) >= 11 is 0. The molecule has 2 aromatic carbocycles. The van der Waals surface area contributed by atoms with E-state index in [1.54, 1.807) is 24.3 Å². The number of anilines is 1. The van der Waals surface area contributed by atoms with E-state index in [4.69, 9.17) is 9.68 Å². The van der Waals surface area contributed by atoms with Crippen LogP contribution in [0.2, 0.25) is 0 Å². The van der Waals surface area contributed by atoms with E-state index in [2.05, 4.69) is 21.9 Å². The first-order valence-electron chi connectivity index (χ1n) is 7.96. The average molecular weight is 344 g/mol. The topological polar surface area (TPSA) is 90.4 Å². The monoisotopic (exact) mass is 344 g/mol. The molecule has 3 aromatic rings. The molecule has 0 aliphatic rings. The second-order valence-electron chi connectivity index (χ2n) is 5.37. The average Bonchev–Trinajstić information content (AvgIpc) is 3.16. The zero-order valence-corrected chi connectivity index (χ0v) is 13.8. The summed E-state index contributed by atoms with van der Waals surface area (Å²) in [5.41, 5.74) is 4.53. The van der Waals surface area contributed by atoms with Crippen molar-refractivity contribution in [2.75, 3.05) is 11.9 Å². The molecule has 0 atom stereocenters. The van der Waals surface area contributed by atoms with Crippen molar-refractivity contribution in [3.05, 3.63) is 78.1 Å². The molecule has 1 aromatic heterocycles. The van der Waals surface area contributed by atoms with E-state index < -0.39 is 0 Å². The van der Waals surface area contributed by atoms with E-state index in [0.29, 0.717) is 22.6 Å². The molecule has 0 aliphatic heterocycles. The van der Waals surface area contributed by atoms with E-state index >= 15 is 0 Å². The number of para-hydroxylation sites is 1. The fourth-order valence-electron chi connectivity index (χ4n) is 2.31. The second kappa shape index (κ2) is 8.31. The number of hydrazone groups is 1. The van der Waals surface area contributed by atoms with Gasteiger partial charge in [0.25, 0.3) is 5.91 Å². The van der Waals surface area contributed by atoms with Gasteiger partial charge in [-0.1, -0.05) is 30.3 Å². The number of carbonyl (C=O) groups excluding carboxylic acids is 1. The van der Waals surface area contributed by atoms with Crippen LogP contribution in [0.25, 0.3) is 11.3 Å². The Balaban J connectivity index is 1.55. The van der Waals surface area contributed by atoms with E-state index in [1.165, 1.54) is 6.21 Å². The Morgan fingerprint density at radius 1 is 1.08 bits per heavy atom. The third kappa shape index (κ3) is 4.36. The molecule has 0 unspecified atom stereocenters. The zero-order valence-electron chi connectivity index (χ0n) is 13.8. The molecule has 128 valence electrons. The van der Waals surface area contributed by atoms with Crippen molar-refractivity contribution >= 4 is 17.8 Å². The molecule has 0 saturated heterocycles. The molecule has 2 N–H and O–H groups in total. The maximum Gasteiger partial charge on any atom is 0.259 e. The Morgan fingerprint density at radius 3 is 2.65 bits per heavy atom. The molecule has 1 heterocycles. The molecule has 0 spiro atoms. The summed E-state index contributed by atoms with van der Waals surface area (Å²) in [7, 11) is 0. The first-order chi connectivity index (χ1) is 12.8. The number of furan rings is 1. The summed E-state index contributed by atoms with van der Waals surface area (Å²) in [6, 6.07) is 22.2. The summed E-state index contributed by atoms with van der Waals surface area (Å²) in [6.07, 6.45) is 1.42. The van der Waals surface area contributed by atoms with Crippen LogP contribution in [-0.4, -0.2) is 18.7 Å². The minimum atomic E-state index is -0.272. The minimum absolute atomic E-state index is 0.111. The first-order valence-corrected chi connectivity index (χ1v) is 7.96. The van der Waals surface area contributed by atoms with Crippen LogP contribution in [0.1, 0.15) is 11.3 Å². The second-order valence-corrected chi connectivity index (χ2v) is 5.37. The Labute approximate surface area is 150 Å². The van der Waals surface area contributed by atoms with E-state index in [9.17, 15) is 4.79 Å². The highest BCUT2D eigenvalue weighted by Crippen LogP contribution is 2.24. The van der Waals surface area contributed by atoms with Crippen molar-refractivity contribution in [3.63, 3.8) is 0 Å². The third-order valence-electron chi connectivity index (χ3n) is 3.55. The van der Waals surface area contributed by atoms with Crippen LogP contribution in [0.4, 0.5) is 5.69 Å². The lowest BCUT2D eigenvalue weighted by molar-refractivity contribution is -0.119. The summed E-state index contributed by atoms with van der Waals surface area (Å²) in [4.78, 5) is 11.8. The predicted octanol–water partition coefficient (Wildman–Crippen LogP) is 3.38. The van der Waals surface area contributed by atoms with Crippen molar-refractivity contribution in [3.8, 4) is 17.4 Å². The molecule has 3 rings (SSSR count). The Bertz CT molecular complexity index is 955. The lowest BCUT2D eigenvalue weighted by atomic mass is 10.1. The van der Waals surface area contributed by atoms with Crippen molar-refractivity contribution in [1.82, 2.24) is 5.43 Å². The maximum absolute atomic E-state index is 11.8. The predicted molar refractivity (Wildman–Crippen MR) is 99.5 cm³/mol. The van der Waals surface area contributed by atoms with Gasteiger partial charge in [-0.05, 0) is 36.4 Å². The molecule has 0 aliphatic carbocycles. The van der Waals surface area contributed by atoms with Gasteiger partial charge in [0, 0.05) is 11.3 Å². The number of benzene rings is 2. The van der Waals surface area contributed by atoms with Crippen LogP contribution >= 0.6 is 0 Å². The number of nitrogens with one attached hydrogen (secondary N) is 2. The normalized spacial score (nSPS) is 10.4. The number of rotatable bonds is 6. The molecule has 1 amide bonds. The van der Waals surface area contributed by atoms with Crippen LogP contribution < -0.4 is 10.7 Å². The molecule has 0 fully saturated rings. The van der Waals surface area contributed by atoms with Gasteiger partial charge in [0.1, 0.15) is 11.5 Å². The summed E-state index contributed by atoms with van der Waals surface area (Å²) < 4.78 is 5.66. The largest absolute Gasteiger partial charge is 0.455 e. The molecule has 0 radical (unpaired) electrons. The number of hydrogen-bond acceptors (Lipinski definition) is 5. The Hall–Kier alpha value is -3.85. The highest BCUT2D eigenvalue weighted by Gasteiger charge is 2.08. The van der Waals surface area contributed by atoms with Gasteiger partial charge in [-0.25, -0.2) is 5.43 Å². The van der Waals surface area contributed by atoms with Crippen LogP contribution in [0, 0.1) is 11.3 Å². The fourth-order valence-corrected chi connectivity index (χ4v) is 2.31. The molecular formula is C20H16N4O2. The van der Waals surface area contributed by atoms with E-state index in [0.717, 1.165) is 5.69 Å². The molecule has 0 saturated carbocycles. The quantitative estimate of drug-likeness (QED) is 0.530. The summed E-state index contributed by atoms with van der Waals surface area (Å²) in [6.45, 7) is 0.111. The first kappa shape index (κ1) is 17.0. The van der Waals surface area contributed by atoms with Gasteiger partial charge in [-0.2, -0.15) is 10.4 Å². The van der Waals surface area contributed by atoms with Gasteiger partial charge in [0.15, 0.2) is 0 Å². The molecule has 26 heavy (non-hydrogen) atoms. The Morgan fingerprint density at radius 2 is 1.85 bits per heavy atom. The number of nitriles is 1. The highest BCUT2D eigenvalue weighted by molar-refractivity contribution is 5.83.